The van der Waals surface area contributed by atoms with Gasteiger partial charge in [0.05, 0.1) is 12.6 Å². The Kier molecular flexibility index (Phi) is 5.41. The standard InChI is InChI=1S/C16H22N2O/c1-14-12-18(10-5-11-19-14)13-16-7-3-2-6-15(16)8-4-9-17/h2-3,6-7,14H,5,9-13,17H2,1H3. The van der Waals surface area contributed by atoms with E-state index in [9.17, 15) is 0 Å². The molecule has 1 atom stereocenters. The Morgan fingerprint density at radius 3 is 3.11 bits per heavy atom. The van der Waals surface area contributed by atoms with Crippen molar-refractivity contribution >= 4 is 0 Å². The number of nitrogens with zero attached hydrogens (tertiary/aromatic N) is 1. The highest BCUT2D eigenvalue weighted by atomic mass is 16.5. The summed E-state index contributed by atoms with van der Waals surface area (Å²) in [6.07, 6.45) is 1.41. The fraction of sp³-hybridized carbons (Fsp3) is 0.500. The molecule has 0 radical (unpaired) electrons. The molecular weight excluding hydrogens is 236 g/mol. The van der Waals surface area contributed by atoms with Crippen LogP contribution in [0.4, 0.5) is 0 Å². The third-order valence-electron chi connectivity index (χ3n) is 3.27. The van der Waals surface area contributed by atoms with Crippen LogP contribution in [0.2, 0.25) is 0 Å². The van der Waals surface area contributed by atoms with E-state index in [1.54, 1.807) is 0 Å². The first kappa shape index (κ1) is 14.1. The lowest BCUT2D eigenvalue weighted by atomic mass is 10.1. The zero-order valence-electron chi connectivity index (χ0n) is 11.6. The van der Waals surface area contributed by atoms with Gasteiger partial charge in [-0.2, -0.15) is 0 Å². The average Bonchev–Trinajstić information content (AvgIpc) is 2.62. The summed E-state index contributed by atoms with van der Waals surface area (Å²) >= 11 is 0. The predicted octanol–water partition coefficient (Wildman–Crippen LogP) is 1.61. The number of rotatable bonds is 2. The van der Waals surface area contributed by atoms with Crippen molar-refractivity contribution in [2.45, 2.75) is 26.0 Å². The van der Waals surface area contributed by atoms with Crippen molar-refractivity contribution in [3.8, 4) is 11.8 Å². The van der Waals surface area contributed by atoms with Gasteiger partial charge in [0.2, 0.25) is 0 Å². The molecule has 102 valence electrons. The summed E-state index contributed by atoms with van der Waals surface area (Å²) in [6, 6.07) is 8.31. The highest BCUT2D eigenvalue weighted by molar-refractivity contribution is 5.41. The van der Waals surface area contributed by atoms with Crippen molar-refractivity contribution in [1.82, 2.24) is 4.90 Å². The summed E-state index contributed by atoms with van der Waals surface area (Å²) in [5.41, 5.74) is 7.81. The zero-order valence-corrected chi connectivity index (χ0v) is 11.6. The van der Waals surface area contributed by atoms with E-state index < -0.39 is 0 Å². The monoisotopic (exact) mass is 258 g/mol. The number of hydrogen-bond donors (Lipinski definition) is 1. The Morgan fingerprint density at radius 2 is 2.26 bits per heavy atom. The molecule has 0 spiro atoms. The number of nitrogens with two attached hydrogens (primary N) is 1. The lowest BCUT2D eigenvalue weighted by molar-refractivity contribution is 0.0668. The van der Waals surface area contributed by atoms with Gasteiger partial charge in [-0.3, -0.25) is 4.90 Å². The average molecular weight is 258 g/mol. The highest BCUT2D eigenvalue weighted by Crippen LogP contribution is 2.14. The molecule has 1 aromatic carbocycles. The Hall–Kier alpha value is -1.34. The number of ether oxygens (including phenoxy) is 1. The van der Waals surface area contributed by atoms with Gasteiger partial charge < -0.3 is 10.5 Å². The SMILES string of the molecule is CC1CN(Cc2ccccc2C#CCN)CCCO1. The second-order valence-electron chi connectivity index (χ2n) is 4.93. The fourth-order valence-corrected chi connectivity index (χ4v) is 2.39. The Labute approximate surface area is 115 Å². The molecule has 3 heteroatoms. The number of benzene rings is 1. The maximum absolute atomic E-state index is 5.68. The van der Waals surface area contributed by atoms with Crippen LogP contribution in [-0.2, 0) is 11.3 Å². The third kappa shape index (κ3) is 4.36. The predicted molar refractivity (Wildman–Crippen MR) is 77.7 cm³/mol. The van der Waals surface area contributed by atoms with Gasteiger partial charge in [-0.25, -0.2) is 0 Å². The van der Waals surface area contributed by atoms with E-state index in [0.717, 1.165) is 38.2 Å². The van der Waals surface area contributed by atoms with Gasteiger partial charge in [0, 0.05) is 31.8 Å². The van der Waals surface area contributed by atoms with Crippen molar-refractivity contribution in [3.05, 3.63) is 35.4 Å². The first-order valence-corrected chi connectivity index (χ1v) is 6.90. The van der Waals surface area contributed by atoms with Crippen LogP contribution in [0.15, 0.2) is 24.3 Å². The largest absolute Gasteiger partial charge is 0.377 e. The topological polar surface area (TPSA) is 38.5 Å². The lowest BCUT2D eigenvalue weighted by Crippen LogP contribution is -2.30. The van der Waals surface area contributed by atoms with Crippen LogP contribution in [0.3, 0.4) is 0 Å². The van der Waals surface area contributed by atoms with Gasteiger partial charge in [-0.15, -0.1) is 0 Å². The van der Waals surface area contributed by atoms with Crippen LogP contribution in [0.5, 0.6) is 0 Å². The molecule has 0 amide bonds. The van der Waals surface area contributed by atoms with Gasteiger partial charge in [0.15, 0.2) is 0 Å². The summed E-state index contributed by atoms with van der Waals surface area (Å²) in [4.78, 5) is 2.45. The highest BCUT2D eigenvalue weighted by Gasteiger charge is 2.15. The maximum atomic E-state index is 5.68. The molecule has 3 nitrogen and oxygen atoms in total. The summed E-state index contributed by atoms with van der Waals surface area (Å²) in [7, 11) is 0. The normalized spacial score (nSPS) is 20.4. The molecule has 1 aliphatic heterocycles. The van der Waals surface area contributed by atoms with E-state index >= 15 is 0 Å². The molecule has 1 unspecified atom stereocenters. The molecule has 0 aromatic heterocycles. The Bertz CT molecular complexity index is 461. The molecule has 1 aromatic rings. The molecule has 1 fully saturated rings. The lowest BCUT2D eigenvalue weighted by Gasteiger charge is -2.22. The minimum absolute atomic E-state index is 0.310. The van der Waals surface area contributed by atoms with Gasteiger partial charge in [-0.05, 0) is 25.0 Å². The summed E-state index contributed by atoms with van der Waals surface area (Å²) in [5.74, 6) is 6.09. The van der Waals surface area contributed by atoms with Crippen LogP contribution >= 0.6 is 0 Å². The Morgan fingerprint density at radius 1 is 1.42 bits per heavy atom. The summed E-state index contributed by atoms with van der Waals surface area (Å²) in [6.45, 7) is 6.42. The van der Waals surface area contributed by atoms with Gasteiger partial charge in [0.1, 0.15) is 0 Å². The van der Waals surface area contributed by atoms with Crippen molar-refractivity contribution < 1.29 is 4.74 Å². The molecule has 19 heavy (non-hydrogen) atoms. The van der Waals surface area contributed by atoms with E-state index in [2.05, 4.69) is 41.9 Å². The van der Waals surface area contributed by atoms with E-state index in [1.807, 2.05) is 6.07 Å². The molecule has 0 bridgehead atoms. The van der Waals surface area contributed by atoms with E-state index in [0.29, 0.717) is 12.6 Å². The minimum Gasteiger partial charge on any atom is -0.377 e. The number of hydrogen-bond acceptors (Lipinski definition) is 3. The van der Waals surface area contributed by atoms with Crippen LogP contribution in [0.1, 0.15) is 24.5 Å². The third-order valence-corrected chi connectivity index (χ3v) is 3.27. The molecule has 0 aliphatic carbocycles. The zero-order chi connectivity index (χ0) is 13.5. The summed E-state index contributed by atoms with van der Waals surface area (Å²) in [5, 5.41) is 0. The smallest absolute Gasteiger partial charge is 0.0674 e. The van der Waals surface area contributed by atoms with Crippen LogP contribution in [0, 0.1) is 11.8 Å². The van der Waals surface area contributed by atoms with Crippen LogP contribution < -0.4 is 5.73 Å². The molecular formula is C16H22N2O. The molecule has 2 rings (SSSR count). The molecule has 1 heterocycles. The maximum Gasteiger partial charge on any atom is 0.0674 e. The van der Waals surface area contributed by atoms with E-state index in [-0.39, 0.29) is 0 Å². The van der Waals surface area contributed by atoms with Gasteiger partial charge in [-0.1, -0.05) is 30.0 Å². The molecule has 1 aliphatic rings. The quantitative estimate of drug-likeness (QED) is 0.819. The molecule has 0 saturated carbocycles. The van der Waals surface area contributed by atoms with E-state index in [1.165, 1.54) is 5.56 Å². The van der Waals surface area contributed by atoms with E-state index in [4.69, 9.17) is 10.5 Å². The second-order valence-corrected chi connectivity index (χ2v) is 4.93. The second kappa shape index (κ2) is 7.30. The minimum atomic E-state index is 0.310. The first-order valence-electron chi connectivity index (χ1n) is 6.90. The van der Waals surface area contributed by atoms with Crippen molar-refractivity contribution in [2.75, 3.05) is 26.2 Å². The van der Waals surface area contributed by atoms with Crippen molar-refractivity contribution in [3.63, 3.8) is 0 Å². The fourth-order valence-electron chi connectivity index (χ4n) is 2.39. The van der Waals surface area contributed by atoms with Gasteiger partial charge >= 0.3 is 0 Å². The first-order chi connectivity index (χ1) is 9.29. The van der Waals surface area contributed by atoms with Crippen LogP contribution in [0.25, 0.3) is 0 Å². The van der Waals surface area contributed by atoms with Crippen LogP contribution in [-0.4, -0.2) is 37.2 Å². The Balaban J connectivity index is 2.09. The van der Waals surface area contributed by atoms with Crippen molar-refractivity contribution in [2.24, 2.45) is 5.73 Å². The van der Waals surface area contributed by atoms with Crippen molar-refractivity contribution in [1.29, 1.82) is 0 Å². The molecule has 1 saturated heterocycles. The van der Waals surface area contributed by atoms with Gasteiger partial charge in [0.25, 0.3) is 0 Å². The summed E-state index contributed by atoms with van der Waals surface area (Å²) < 4.78 is 5.68. The molecule has 2 N–H and O–H groups in total.